The van der Waals surface area contributed by atoms with E-state index < -0.39 is 0 Å². The van der Waals surface area contributed by atoms with Crippen LogP contribution >= 0.6 is 0 Å². The standard InChI is InChI=1S/C17H34N4O/c1-3-5-6-7-9-19-17(18-4-2)21-10-8-16(15-21)20-11-13-22-14-12-20/h16H,3-15H2,1-2H3,(H,18,19). The Balaban J connectivity index is 1.79. The van der Waals surface area contributed by atoms with E-state index >= 15 is 0 Å². The number of nitrogens with one attached hydrogen (secondary N) is 1. The first kappa shape index (κ1) is 17.5. The number of unbranched alkanes of at least 4 members (excludes halogenated alkanes) is 3. The van der Waals surface area contributed by atoms with E-state index in [9.17, 15) is 0 Å². The van der Waals surface area contributed by atoms with Crippen molar-refractivity contribution in [2.75, 3.05) is 52.5 Å². The number of guanidine groups is 1. The summed E-state index contributed by atoms with van der Waals surface area (Å²) in [5, 5.41) is 3.47. The van der Waals surface area contributed by atoms with Crippen LogP contribution in [0.4, 0.5) is 0 Å². The van der Waals surface area contributed by atoms with Crippen LogP contribution in [-0.2, 0) is 4.74 Å². The van der Waals surface area contributed by atoms with Gasteiger partial charge in [-0.3, -0.25) is 9.89 Å². The van der Waals surface area contributed by atoms with E-state index in [1.807, 2.05) is 0 Å². The summed E-state index contributed by atoms with van der Waals surface area (Å²) in [6, 6.07) is 0.674. The maximum atomic E-state index is 5.47. The Labute approximate surface area is 136 Å². The molecule has 22 heavy (non-hydrogen) atoms. The van der Waals surface area contributed by atoms with Gasteiger partial charge in [-0.25, -0.2) is 0 Å². The minimum atomic E-state index is 0.674. The molecule has 1 atom stereocenters. The molecule has 2 fully saturated rings. The third kappa shape index (κ3) is 5.43. The maximum Gasteiger partial charge on any atom is 0.193 e. The molecule has 0 bridgehead atoms. The van der Waals surface area contributed by atoms with Crippen molar-refractivity contribution in [3.63, 3.8) is 0 Å². The maximum absolute atomic E-state index is 5.47. The fourth-order valence-electron chi connectivity index (χ4n) is 3.32. The Bertz CT molecular complexity index is 329. The van der Waals surface area contributed by atoms with Crippen molar-refractivity contribution in [1.82, 2.24) is 15.1 Å². The number of hydrogen-bond acceptors (Lipinski definition) is 3. The Morgan fingerprint density at radius 1 is 1.14 bits per heavy atom. The van der Waals surface area contributed by atoms with Gasteiger partial charge in [0.1, 0.15) is 0 Å². The summed E-state index contributed by atoms with van der Waals surface area (Å²) in [6.45, 7) is 12.5. The molecule has 1 unspecified atom stereocenters. The Morgan fingerprint density at radius 3 is 2.68 bits per heavy atom. The van der Waals surface area contributed by atoms with E-state index in [0.717, 1.165) is 58.4 Å². The third-order valence-corrected chi connectivity index (χ3v) is 4.63. The lowest BCUT2D eigenvalue weighted by Crippen LogP contribution is -2.46. The molecule has 1 N–H and O–H groups in total. The molecule has 5 nitrogen and oxygen atoms in total. The van der Waals surface area contributed by atoms with Gasteiger partial charge in [-0.15, -0.1) is 0 Å². The van der Waals surface area contributed by atoms with Crippen molar-refractivity contribution >= 4 is 5.96 Å². The fraction of sp³-hybridized carbons (Fsp3) is 0.941. The van der Waals surface area contributed by atoms with Crippen LogP contribution in [0, 0.1) is 0 Å². The zero-order valence-corrected chi connectivity index (χ0v) is 14.5. The number of ether oxygens (including phenoxy) is 1. The van der Waals surface area contributed by atoms with Crippen molar-refractivity contribution < 1.29 is 4.74 Å². The zero-order valence-electron chi connectivity index (χ0n) is 14.5. The molecule has 0 spiro atoms. The van der Waals surface area contributed by atoms with E-state index in [2.05, 4.69) is 29.0 Å². The summed E-state index contributed by atoms with van der Waals surface area (Å²) < 4.78 is 5.47. The minimum Gasteiger partial charge on any atom is -0.379 e. The summed E-state index contributed by atoms with van der Waals surface area (Å²) in [6.07, 6.45) is 6.38. The highest BCUT2D eigenvalue weighted by Crippen LogP contribution is 2.17. The molecule has 0 radical (unpaired) electrons. The second-order valence-electron chi connectivity index (χ2n) is 6.33. The van der Waals surface area contributed by atoms with Crippen LogP contribution in [0.25, 0.3) is 0 Å². The predicted octanol–water partition coefficient (Wildman–Crippen LogP) is 1.94. The van der Waals surface area contributed by atoms with Gasteiger partial charge in [0.05, 0.1) is 13.2 Å². The van der Waals surface area contributed by atoms with E-state index in [0.29, 0.717) is 6.04 Å². The lowest BCUT2D eigenvalue weighted by Gasteiger charge is -2.32. The van der Waals surface area contributed by atoms with E-state index in [-0.39, 0.29) is 0 Å². The molecule has 0 aromatic carbocycles. The highest BCUT2D eigenvalue weighted by molar-refractivity contribution is 5.80. The van der Waals surface area contributed by atoms with Crippen molar-refractivity contribution in [2.45, 2.75) is 52.0 Å². The molecule has 0 aliphatic carbocycles. The number of aliphatic imine (C=N–C) groups is 1. The molecule has 5 heteroatoms. The molecule has 2 aliphatic heterocycles. The average molecular weight is 310 g/mol. The van der Waals surface area contributed by atoms with E-state index in [4.69, 9.17) is 9.73 Å². The average Bonchev–Trinajstić information content (AvgIpc) is 3.04. The first-order valence-electron chi connectivity index (χ1n) is 9.20. The summed E-state index contributed by atoms with van der Waals surface area (Å²) >= 11 is 0. The van der Waals surface area contributed by atoms with Crippen LogP contribution in [-0.4, -0.2) is 74.3 Å². The second-order valence-corrected chi connectivity index (χ2v) is 6.33. The van der Waals surface area contributed by atoms with Crippen LogP contribution in [0.3, 0.4) is 0 Å². The van der Waals surface area contributed by atoms with Crippen LogP contribution in [0.15, 0.2) is 4.99 Å². The molecule has 0 aromatic heterocycles. The van der Waals surface area contributed by atoms with Gasteiger partial charge >= 0.3 is 0 Å². The van der Waals surface area contributed by atoms with E-state index in [1.54, 1.807) is 0 Å². The van der Waals surface area contributed by atoms with Gasteiger partial charge in [-0.2, -0.15) is 0 Å². The number of nitrogens with zero attached hydrogens (tertiary/aromatic N) is 3. The van der Waals surface area contributed by atoms with Crippen LogP contribution in [0.1, 0.15) is 46.0 Å². The third-order valence-electron chi connectivity index (χ3n) is 4.63. The molecule has 0 saturated carbocycles. The number of rotatable bonds is 7. The van der Waals surface area contributed by atoms with Crippen LogP contribution in [0.5, 0.6) is 0 Å². The molecule has 2 rings (SSSR count). The zero-order chi connectivity index (χ0) is 15.6. The number of likely N-dealkylation sites (tertiary alicyclic amines) is 1. The normalized spacial score (nSPS) is 24.0. The lowest BCUT2D eigenvalue weighted by atomic mass is 10.2. The van der Waals surface area contributed by atoms with Crippen molar-refractivity contribution in [3.8, 4) is 0 Å². The first-order chi connectivity index (χ1) is 10.8. The summed E-state index contributed by atoms with van der Waals surface area (Å²) in [7, 11) is 0. The smallest absolute Gasteiger partial charge is 0.193 e. The monoisotopic (exact) mass is 310 g/mol. The molecule has 2 saturated heterocycles. The summed E-state index contributed by atoms with van der Waals surface area (Å²) in [4.78, 5) is 9.87. The fourth-order valence-corrected chi connectivity index (χ4v) is 3.32. The highest BCUT2D eigenvalue weighted by Gasteiger charge is 2.30. The molecule has 0 aromatic rings. The largest absolute Gasteiger partial charge is 0.379 e. The summed E-state index contributed by atoms with van der Waals surface area (Å²) in [5.74, 6) is 1.12. The minimum absolute atomic E-state index is 0.674. The van der Waals surface area contributed by atoms with Gasteiger partial charge in [0.15, 0.2) is 5.96 Å². The van der Waals surface area contributed by atoms with Gasteiger partial charge in [0, 0.05) is 45.3 Å². The van der Waals surface area contributed by atoms with Gasteiger partial charge in [-0.05, 0) is 19.8 Å². The number of hydrogen-bond donors (Lipinski definition) is 1. The second kappa shape index (κ2) is 10.1. The predicted molar refractivity (Wildman–Crippen MR) is 92.5 cm³/mol. The van der Waals surface area contributed by atoms with Crippen LogP contribution in [0.2, 0.25) is 0 Å². The molecular weight excluding hydrogens is 276 g/mol. The SMILES string of the molecule is CCCCCCN=C(NCC)N1CCC(N2CCOCC2)C1. The highest BCUT2D eigenvalue weighted by atomic mass is 16.5. The van der Waals surface area contributed by atoms with Gasteiger partial charge in [0.25, 0.3) is 0 Å². The molecule has 2 aliphatic rings. The van der Waals surface area contributed by atoms with Gasteiger partial charge in [-0.1, -0.05) is 26.2 Å². The first-order valence-corrected chi connectivity index (χ1v) is 9.20. The molecule has 0 amide bonds. The molecular formula is C17H34N4O. The van der Waals surface area contributed by atoms with Gasteiger partial charge < -0.3 is 15.0 Å². The summed E-state index contributed by atoms with van der Waals surface area (Å²) in [5.41, 5.74) is 0. The van der Waals surface area contributed by atoms with Crippen LogP contribution < -0.4 is 5.32 Å². The van der Waals surface area contributed by atoms with Crippen molar-refractivity contribution in [1.29, 1.82) is 0 Å². The number of morpholine rings is 1. The topological polar surface area (TPSA) is 40.1 Å². The van der Waals surface area contributed by atoms with Crippen molar-refractivity contribution in [2.24, 2.45) is 4.99 Å². The van der Waals surface area contributed by atoms with Gasteiger partial charge in [0.2, 0.25) is 0 Å². The Hall–Kier alpha value is -0.810. The quantitative estimate of drug-likeness (QED) is 0.443. The Morgan fingerprint density at radius 2 is 1.95 bits per heavy atom. The lowest BCUT2D eigenvalue weighted by molar-refractivity contribution is 0.0195. The molecule has 128 valence electrons. The Kier molecular flexibility index (Phi) is 8.02. The van der Waals surface area contributed by atoms with Crippen molar-refractivity contribution in [3.05, 3.63) is 0 Å². The van der Waals surface area contributed by atoms with E-state index in [1.165, 1.54) is 32.1 Å². The molecule has 2 heterocycles.